The third-order valence-corrected chi connectivity index (χ3v) is 6.19. The fraction of sp³-hybridized carbons (Fsp3) is 0.167. The van der Waals surface area contributed by atoms with Crippen molar-refractivity contribution in [2.24, 2.45) is 10.7 Å². The number of thioether (sulfide) groups is 1. The molecule has 0 saturated carbocycles. The molecule has 1 aliphatic rings. The number of halogens is 1. The zero-order chi connectivity index (χ0) is 23.0. The van der Waals surface area contributed by atoms with E-state index in [-0.39, 0.29) is 17.9 Å². The second-order valence-electron chi connectivity index (χ2n) is 7.38. The van der Waals surface area contributed by atoms with E-state index in [4.69, 9.17) is 22.1 Å². The van der Waals surface area contributed by atoms with Crippen molar-refractivity contribution in [3.05, 3.63) is 83.9 Å². The molecule has 4 rings (SSSR count). The smallest absolute Gasteiger partial charge is 0.224 e. The Kier molecular flexibility index (Phi) is 7.72. The van der Waals surface area contributed by atoms with Gasteiger partial charge in [0, 0.05) is 33.8 Å². The van der Waals surface area contributed by atoms with Crippen LogP contribution < -0.4 is 26.4 Å². The molecule has 2 atom stereocenters. The predicted octanol–water partition coefficient (Wildman–Crippen LogP) is 4.41. The molecular weight excluding hydrogens is 458 g/mol. The third-order valence-electron chi connectivity index (χ3n) is 4.76. The van der Waals surface area contributed by atoms with Crippen molar-refractivity contribution in [1.29, 1.82) is 0 Å². The number of nitrogens with two attached hydrogens (primary N) is 1. The van der Waals surface area contributed by atoms with Gasteiger partial charge in [0.15, 0.2) is 12.2 Å². The van der Waals surface area contributed by atoms with E-state index < -0.39 is 6.29 Å². The highest BCUT2D eigenvalue weighted by Crippen LogP contribution is 2.23. The molecule has 1 fully saturated rings. The first-order chi connectivity index (χ1) is 16.0. The highest BCUT2D eigenvalue weighted by molar-refractivity contribution is 7.99. The summed E-state index contributed by atoms with van der Waals surface area (Å²) in [6.45, 7) is 0. The molecule has 170 valence electrons. The summed E-state index contributed by atoms with van der Waals surface area (Å²) in [4.78, 5) is 17.6. The predicted molar refractivity (Wildman–Crippen MR) is 134 cm³/mol. The highest BCUT2D eigenvalue weighted by Gasteiger charge is 2.25. The van der Waals surface area contributed by atoms with Gasteiger partial charge in [0.25, 0.3) is 0 Å². The normalized spacial score (nSPS) is 18.5. The largest absolute Gasteiger partial charge is 0.457 e. The number of hydrogen-bond donors (Lipinski definition) is 4. The summed E-state index contributed by atoms with van der Waals surface area (Å²) in [5.41, 5.74) is 6.82. The Hall–Kier alpha value is -3.20. The Bertz CT molecular complexity index is 1090. The van der Waals surface area contributed by atoms with Gasteiger partial charge in [-0.2, -0.15) is 0 Å². The summed E-state index contributed by atoms with van der Waals surface area (Å²) < 4.78 is 5.79. The van der Waals surface area contributed by atoms with Crippen LogP contribution >= 0.6 is 23.4 Å². The van der Waals surface area contributed by atoms with Crippen LogP contribution in [0.15, 0.2) is 88.8 Å². The molecule has 0 aromatic heterocycles. The molecule has 1 saturated heterocycles. The molecule has 1 aliphatic heterocycles. The minimum atomic E-state index is -0.602. The lowest BCUT2D eigenvalue weighted by Gasteiger charge is -2.29. The van der Waals surface area contributed by atoms with Crippen LogP contribution in [0.4, 0.5) is 5.69 Å². The van der Waals surface area contributed by atoms with Gasteiger partial charge in [-0.3, -0.25) is 10.1 Å². The Morgan fingerprint density at radius 2 is 1.76 bits per heavy atom. The monoisotopic (exact) mass is 481 g/mol. The third kappa shape index (κ3) is 7.15. The Morgan fingerprint density at radius 3 is 2.48 bits per heavy atom. The van der Waals surface area contributed by atoms with Crippen LogP contribution in [0.2, 0.25) is 5.02 Å². The first-order valence-corrected chi connectivity index (χ1v) is 11.8. The molecule has 33 heavy (non-hydrogen) atoms. The molecular formula is C24H24ClN5O2S. The van der Waals surface area contributed by atoms with E-state index in [1.165, 1.54) is 0 Å². The number of carbonyl (C=O) groups excluding carboxylic acids is 1. The van der Waals surface area contributed by atoms with E-state index in [2.05, 4.69) is 20.9 Å². The van der Waals surface area contributed by atoms with Gasteiger partial charge in [-0.15, -0.1) is 11.8 Å². The van der Waals surface area contributed by atoms with Crippen LogP contribution in [0.25, 0.3) is 0 Å². The zero-order valence-corrected chi connectivity index (χ0v) is 19.3. The van der Waals surface area contributed by atoms with E-state index in [0.29, 0.717) is 17.2 Å². The van der Waals surface area contributed by atoms with Gasteiger partial charge >= 0.3 is 0 Å². The zero-order valence-electron chi connectivity index (χ0n) is 17.7. The lowest BCUT2D eigenvalue weighted by atomic mass is 10.2. The standard InChI is InChI=1S/C24H24ClN5O2S/c25-16-6-12-21(13-7-16)33-15-18-14-22(31)29-24(28-18)30-23(26)27-17-8-10-20(11-9-17)32-19-4-2-1-3-5-19/h1-13,18,24,28H,14-15H2,(H,29,31)(H3,26,27,30). The molecule has 1 heterocycles. The number of guanidine groups is 1. The van der Waals surface area contributed by atoms with Crippen molar-refractivity contribution in [2.75, 3.05) is 11.1 Å². The minimum Gasteiger partial charge on any atom is -0.457 e. The average Bonchev–Trinajstić information content (AvgIpc) is 2.80. The molecule has 9 heteroatoms. The number of aliphatic imine (C=N–C) groups is 1. The van der Waals surface area contributed by atoms with Gasteiger partial charge in [-0.05, 0) is 60.7 Å². The summed E-state index contributed by atoms with van der Waals surface area (Å²) >= 11 is 7.59. The van der Waals surface area contributed by atoms with Crippen molar-refractivity contribution >= 4 is 40.9 Å². The second kappa shape index (κ2) is 11.1. The molecule has 7 nitrogen and oxygen atoms in total. The average molecular weight is 482 g/mol. The van der Waals surface area contributed by atoms with Gasteiger partial charge in [0.2, 0.25) is 5.91 Å². The summed E-state index contributed by atoms with van der Waals surface area (Å²) in [5, 5.41) is 9.85. The molecule has 0 aliphatic carbocycles. The molecule has 0 spiro atoms. The Balaban J connectivity index is 1.30. The first-order valence-electron chi connectivity index (χ1n) is 10.4. The summed E-state index contributed by atoms with van der Waals surface area (Å²) in [6.07, 6.45) is -0.224. The van der Waals surface area contributed by atoms with Crippen molar-refractivity contribution in [3.63, 3.8) is 0 Å². The van der Waals surface area contributed by atoms with Crippen molar-refractivity contribution in [3.8, 4) is 11.5 Å². The maximum atomic E-state index is 12.1. The van der Waals surface area contributed by atoms with Crippen LogP contribution in [0.1, 0.15) is 6.42 Å². The van der Waals surface area contributed by atoms with Crippen molar-refractivity contribution in [2.45, 2.75) is 23.6 Å². The van der Waals surface area contributed by atoms with Crippen LogP contribution in [-0.2, 0) is 4.79 Å². The molecule has 3 aromatic carbocycles. The number of ether oxygens (including phenoxy) is 1. The summed E-state index contributed by atoms with van der Waals surface area (Å²) in [7, 11) is 0. The van der Waals surface area contributed by atoms with Crippen LogP contribution in [0.3, 0.4) is 0 Å². The van der Waals surface area contributed by atoms with E-state index in [0.717, 1.165) is 22.1 Å². The Labute approximate surface area is 201 Å². The number of amides is 1. The molecule has 5 N–H and O–H groups in total. The lowest BCUT2D eigenvalue weighted by Crippen LogP contribution is -2.57. The fourth-order valence-electron chi connectivity index (χ4n) is 3.21. The molecule has 3 aromatic rings. The number of anilines is 1. The van der Waals surface area contributed by atoms with E-state index in [1.807, 2.05) is 78.9 Å². The number of nitrogens with one attached hydrogen (secondary N) is 3. The van der Waals surface area contributed by atoms with Crippen LogP contribution in [0.5, 0.6) is 11.5 Å². The molecule has 2 unspecified atom stereocenters. The van der Waals surface area contributed by atoms with Crippen LogP contribution in [-0.4, -0.2) is 30.0 Å². The maximum Gasteiger partial charge on any atom is 0.224 e. The topological polar surface area (TPSA) is 101 Å². The second-order valence-corrected chi connectivity index (χ2v) is 8.91. The van der Waals surface area contributed by atoms with Gasteiger partial charge in [-0.1, -0.05) is 29.8 Å². The van der Waals surface area contributed by atoms with Gasteiger partial charge in [0.1, 0.15) is 11.5 Å². The van der Waals surface area contributed by atoms with Crippen molar-refractivity contribution < 1.29 is 9.53 Å². The number of benzene rings is 3. The minimum absolute atomic E-state index is 0.0320. The highest BCUT2D eigenvalue weighted by atomic mass is 35.5. The lowest BCUT2D eigenvalue weighted by molar-refractivity contribution is -0.124. The van der Waals surface area contributed by atoms with E-state index in [1.54, 1.807) is 11.8 Å². The van der Waals surface area contributed by atoms with E-state index >= 15 is 0 Å². The fourth-order valence-corrected chi connectivity index (χ4v) is 4.28. The maximum absolute atomic E-state index is 12.1. The number of hydrogen-bond acceptors (Lipinski definition) is 5. The SMILES string of the molecule is N/C(=N\C1NC(=O)CC(CSc2ccc(Cl)cc2)N1)Nc1ccc(Oc2ccccc2)cc1. The molecule has 1 amide bonds. The molecule has 0 bridgehead atoms. The summed E-state index contributed by atoms with van der Waals surface area (Å²) in [5.74, 6) is 2.32. The summed E-state index contributed by atoms with van der Waals surface area (Å²) in [6, 6.07) is 24.5. The first kappa shape index (κ1) is 23.0. The molecule has 0 radical (unpaired) electrons. The number of carbonyl (C=O) groups is 1. The van der Waals surface area contributed by atoms with Gasteiger partial charge < -0.3 is 21.1 Å². The van der Waals surface area contributed by atoms with Gasteiger partial charge in [0.05, 0.1) is 0 Å². The quantitative estimate of drug-likeness (QED) is 0.226. The number of rotatable bonds is 7. The number of nitrogens with zero attached hydrogens (tertiary/aromatic N) is 1. The Morgan fingerprint density at radius 1 is 1.06 bits per heavy atom. The van der Waals surface area contributed by atoms with Crippen molar-refractivity contribution in [1.82, 2.24) is 10.6 Å². The van der Waals surface area contributed by atoms with E-state index in [9.17, 15) is 4.79 Å². The van der Waals surface area contributed by atoms with Crippen LogP contribution in [0, 0.1) is 0 Å². The number of para-hydroxylation sites is 1. The van der Waals surface area contributed by atoms with Gasteiger partial charge in [-0.25, -0.2) is 4.99 Å².